The van der Waals surface area contributed by atoms with Crippen molar-refractivity contribution in [1.82, 2.24) is 9.78 Å². The van der Waals surface area contributed by atoms with Crippen molar-refractivity contribution in [1.29, 1.82) is 0 Å². The normalized spacial score (nSPS) is 10.5. The summed E-state index contributed by atoms with van der Waals surface area (Å²) in [6, 6.07) is 13.9. The zero-order chi connectivity index (χ0) is 21.8. The van der Waals surface area contributed by atoms with Crippen molar-refractivity contribution in [3.05, 3.63) is 75.6 Å². The molecule has 0 saturated carbocycles. The van der Waals surface area contributed by atoms with Crippen LogP contribution < -0.4 is 16.2 Å². The van der Waals surface area contributed by atoms with Crippen LogP contribution in [0.25, 0.3) is 11.3 Å². The van der Waals surface area contributed by atoms with Gasteiger partial charge < -0.3 is 10.6 Å². The fourth-order valence-electron chi connectivity index (χ4n) is 3.12. The van der Waals surface area contributed by atoms with E-state index in [4.69, 9.17) is 0 Å². The highest BCUT2D eigenvalue weighted by Crippen LogP contribution is 2.24. The fourth-order valence-corrected chi connectivity index (χ4v) is 3.12. The van der Waals surface area contributed by atoms with Gasteiger partial charge in [0.05, 0.1) is 5.69 Å². The first-order chi connectivity index (χ1) is 14.2. The van der Waals surface area contributed by atoms with Crippen LogP contribution in [0, 0.1) is 20.8 Å². The number of amides is 2. The number of hydrogen-bond donors (Lipinski definition) is 2. The molecule has 0 aliphatic carbocycles. The number of nitrogens with zero attached hydrogens (tertiary/aromatic N) is 2. The Morgan fingerprint density at radius 2 is 1.47 bits per heavy atom. The molecular weight excluding hydrogens is 380 g/mol. The third kappa shape index (κ3) is 5.00. The molecule has 1 heterocycles. The van der Waals surface area contributed by atoms with Gasteiger partial charge in [-0.3, -0.25) is 14.4 Å². The average molecular weight is 404 g/mol. The molecule has 2 N–H and O–H groups in total. The highest BCUT2D eigenvalue weighted by atomic mass is 16.2. The first kappa shape index (κ1) is 21.0. The molecular formula is C23H24N4O3. The van der Waals surface area contributed by atoms with Crippen molar-refractivity contribution >= 4 is 23.2 Å². The van der Waals surface area contributed by atoms with Crippen molar-refractivity contribution in [2.24, 2.45) is 0 Å². The van der Waals surface area contributed by atoms with Crippen LogP contribution in [0.1, 0.15) is 23.6 Å². The standard InChI is InChI=1S/C23H24N4O3/c1-14-11-16(3)20(12-15(14)2)21-9-10-23(30)27(26-21)13-22(29)25-19-7-5-18(6-8-19)24-17(4)28/h5-12H,13H2,1-4H3,(H,24,28)(H,25,29). The van der Waals surface area contributed by atoms with Gasteiger partial charge in [-0.05, 0) is 73.9 Å². The summed E-state index contributed by atoms with van der Waals surface area (Å²) in [6.07, 6.45) is 0. The number of nitrogens with one attached hydrogen (secondary N) is 2. The maximum Gasteiger partial charge on any atom is 0.267 e. The van der Waals surface area contributed by atoms with Gasteiger partial charge in [0.1, 0.15) is 6.54 Å². The summed E-state index contributed by atoms with van der Waals surface area (Å²) >= 11 is 0. The first-order valence-electron chi connectivity index (χ1n) is 9.57. The van der Waals surface area contributed by atoms with Gasteiger partial charge in [-0.2, -0.15) is 5.10 Å². The third-order valence-electron chi connectivity index (χ3n) is 4.77. The van der Waals surface area contributed by atoms with Crippen LogP contribution in [0.2, 0.25) is 0 Å². The van der Waals surface area contributed by atoms with Crippen molar-refractivity contribution < 1.29 is 9.59 Å². The van der Waals surface area contributed by atoms with Crippen molar-refractivity contribution in [2.75, 3.05) is 10.6 Å². The molecule has 0 unspecified atom stereocenters. The van der Waals surface area contributed by atoms with Crippen LogP contribution in [0.15, 0.2) is 53.3 Å². The maximum atomic E-state index is 12.4. The number of aryl methyl sites for hydroxylation is 3. The Labute approximate surface area is 174 Å². The molecule has 0 radical (unpaired) electrons. The Kier molecular flexibility index (Phi) is 6.11. The Morgan fingerprint density at radius 3 is 2.10 bits per heavy atom. The molecule has 0 aliphatic heterocycles. The molecule has 7 nitrogen and oxygen atoms in total. The molecule has 2 aromatic carbocycles. The first-order valence-corrected chi connectivity index (χ1v) is 9.57. The Morgan fingerprint density at radius 1 is 0.867 bits per heavy atom. The summed E-state index contributed by atoms with van der Waals surface area (Å²) in [5.74, 6) is -0.540. The van der Waals surface area contributed by atoms with Crippen LogP contribution >= 0.6 is 0 Å². The van der Waals surface area contributed by atoms with Crippen LogP contribution in [0.4, 0.5) is 11.4 Å². The highest BCUT2D eigenvalue weighted by molar-refractivity contribution is 5.92. The second-order valence-electron chi connectivity index (χ2n) is 7.27. The Bertz CT molecular complexity index is 1160. The number of benzene rings is 2. The quantitative estimate of drug-likeness (QED) is 0.681. The van der Waals surface area contributed by atoms with E-state index in [2.05, 4.69) is 21.8 Å². The number of rotatable bonds is 5. The van der Waals surface area contributed by atoms with E-state index in [0.29, 0.717) is 17.1 Å². The molecule has 0 saturated heterocycles. The molecule has 154 valence electrons. The lowest BCUT2D eigenvalue weighted by molar-refractivity contribution is -0.117. The van der Waals surface area contributed by atoms with Gasteiger partial charge in [0.25, 0.3) is 5.56 Å². The van der Waals surface area contributed by atoms with E-state index < -0.39 is 0 Å². The predicted molar refractivity (Wildman–Crippen MR) is 118 cm³/mol. The Hall–Kier alpha value is -3.74. The lowest BCUT2D eigenvalue weighted by atomic mass is 9.99. The molecule has 0 spiro atoms. The predicted octanol–water partition coefficient (Wildman–Crippen LogP) is 3.43. The SMILES string of the molecule is CC(=O)Nc1ccc(NC(=O)Cn2nc(-c3cc(C)c(C)cc3C)ccc2=O)cc1. The van der Waals surface area contributed by atoms with E-state index in [0.717, 1.165) is 21.4 Å². The third-order valence-corrected chi connectivity index (χ3v) is 4.77. The second-order valence-corrected chi connectivity index (χ2v) is 7.27. The largest absolute Gasteiger partial charge is 0.326 e. The molecule has 0 atom stereocenters. The molecule has 7 heteroatoms. The number of carbonyl (C=O) groups excluding carboxylic acids is 2. The minimum atomic E-state index is -0.370. The van der Waals surface area contributed by atoms with E-state index in [-0.39, 0.29) is 23.9 Å². The van der Waals surface area contributed by atoms with E-state index in [9.17, 15) is 14.4 Å². The van der Waals surface area contributed by atoms with E-state index in [1.165, 1.54) is 18.6 Å². The molecule has 30 heavy (non-hydrogen) atoms. The second kappa shape index (κ2) is 8.73. The van der Waals surface area contributed by atoms with Crippen LogP contribution in [0.3, 0.4) is 0 Å². The van der Waals surface area contributed by atoms with Gasteiger partial charge in [0.15, 0.2) is 0 Å². The smallest absolute Gasteiger partial charge is 0.267 e. The topological polar surface area (TPSA) is 93.1 Å². The summed E-state index contributed by atoms with van der Waals surface area (Å²) in [5.41, 5.74) is 5.79. The Balaban J connectivity index is 1.77. The van der Waals surface area contributed by atoms with Crippen LogP contribution in [-0.2, 0) is 16.1 Å². The van der Waals surface area contributed by atoms with Gasteiger partial charge in [0.2, 0.25) is 11.8 Å². The molecule has 0 bridgehead atoms. The van der Waals surface area contributed by atoms with Crippen LogP contribution in [0.5, 0.6) is 0 Å². The lowest BCUT2D eigenvalue weighted by Crippen LogP contribution is -2.29. The summed E-state index contributed by atoms with van der Waals surface area (Å²) in [7, 11) is 0. The number of carbonyl (C=O) groups is 2. The molecule has 0 fully saturated rings. The van der Waals surface area contributed by atoms with Gasteiger partial charge in [-0.15, -0.1) is 0 Å². The average Bonchev–Trinajstić information content (AvgIpc) is 2.68. The molecule has 2 amide bonds. The van der Waals surface area contributed by atoms with Crippen molar-refractivity contribution in [3.63, 3.8) is 0 Å². The van der Waals surface area contributed by atoms with Gasteiger partial charge in [-0.25, -0.2) is 4.68 Å². The van der Waals surface area contributed by atoms with E-state index in [1.54, 1.807) is 30.3 Å². The number of hydrogen-bond acceptors (Lipinski definition) is 4. The molecule has 3 rings (SSSR count). The molecule has 3 aromatic rings. The highest BCUT2D eigenvalue weighted by Gasteiger charge is 2.11. The van der Waals surface area contributed by atoms with Crippen molar-refractivity contribution in [2.45, 2.75) is 34.2 Å². The fraction of sp³-hybridized carbons (Fsp3) is 0.217. The van der Waals surface area contributed by atoms with E-state index >= 15 is 0 Å². The monoisotopic (exact) mass is 404 g/mol. The van der Waals surface area contributed by atoms with E-state index in [1.807, 2.05) is 26.8 Å². The molecule has 1 aromatic heterocycles. The van der Waals surface area contributed by atoms with Gasteiger partial charge in [-0.1, -0.05) is 6.07 Å². The summed E-state index contributed by atoms with van der Waals surface area (Å²) in [5, 5.41) is 9.79. The molecule has 0 aliphatic rings. The van der Waals surface area contributed by atoms with Crippen molar-refractivity contribution in [3.8, 4) is 11.3 Å². The minimum absolute atomic E-state index is 0.170. The minimum Gasteiger partial charge on any atom is -0.326 e. The summed E-state index contributed by atoms with van der Waals surface area (Å²) in [4.78, 5) is 35.7. The lowest BCUT2D eigenvalue weighted by Gasteiger charge is -2.12. The summed E-state index contributed by atoms with van der Waals surface area (Å²) in [6.45, 7) is 7.29. The number of anilines is 2. The summed E-state index contributed by atoms with van der Waals surface area (Å²) < 4.78 is 1.16. The van der Waals surface area contributed by atoms with Gasteiger partial charge in [0, 0.05) is 29.9 Å². The van der Waals surface area contributed by atoms with Gasteiger partial charge >= 0.3 is 0 Å². The van der Waals surface area contributed by atoms with Crippen LogP contribution in [-0.4, -0.2) is 21.6 Å². The zero-order valence-corrected chi connectivity index (χ0v) is 17.4. The number of aromatic nitrogens is 2. The maximum absolute atomic E-state index is 12.4. The zero-order valence-electron chi connectivity index (χ0n) is 17.4.